The molecule has 0 saturated carbocycles. The van der Waals surface area contributed by atoms with Gasteiger partial charge in [-0.25, -0.2) is 0 Å². The van der Waals surface area contributed by atoms with Gasteiger partial charge in [0.25, 0.3) is 0 Å². The summed E-state index contributed by atoms with van der Waals surface area (Å²) in [6, 6.07) is 23.1. The molecule has 0 spiro atoms. The molecule has 4 nitrogen and oxygen atoms in total. The van der Waals surface area contributed by atoms with E-state index < -0.39 is 0 Å². The number of benzene rings is 3. The van der Waals surface area contributed by atoms with Crippen LogP contribution < -0.4 is 34.9 Å². The van der Waals surface area contributed by atoms with Crippen LogP contribution in [0.1, 0.15) is 17.5 Å². The van der Waals surface area contributed by atoms with Crippen LogP contribution in [0.2, 0.25) is 0 Å². The number of ether oxygens (including phenoxy) is 2. The maximum absolute atomic E-state index is 6.22. The van der Waals surface area contributed by atoms with Crippen molar-refractivity contribution in [2.75, 3.05) is 39.4 Å². The number of rotatable bonds is 9. The third kappa shape index (κ3) is 7.37. The summed E-state index contributed by atoms with van der Waals surface area (Å²) < 4.78 is 11.6. The quantitative estimate of drug-likeness (QED) is 0.383. The van der Waals surface area contributed by atoms with Gasteiger partial charge in [0.2, 0.25) is 0 Å². The number of morpholine rings is 1. The molecule has 31 heavy (non-hydrogen) atoms. The number of nitrogens with zero attached hydrogens (tertiary/aromatic N) is 1. The molecular formula is C25H30Cl2N2O2-2. The molecule has 0 amide bonds. The van der Waals surface area contributed by atoms with Gasteiger partial charge < -0.3 is 39.6 Å². The van der Waals surface area contributed by atoms with Crippen molar-refractivity contribution in [2.45, 2.75) is 19.6 Å². The number of hydrogen-bond donors (Lipinski definition) is 1. The molecule has 0 bridgehead atoms. The van der Waals surface area contributed by atoms with Gasteiger partial charge in [-0.2, -0.15) is 0 Å². The topological polar surface area (TPSA) is 33.7 Å². The first-order chi connectivity index (χ1) is 14.4. The molecule has 0 aliphatic carbocycles. The first-order valence-electron chi connectivity index (χ1n) is 10.6. The number of fused-ring (bicyclic) bond motifs is 1. The lowest BCUT2D eigenvalue weighted by molar-refractivity contribution is -0.00100. The maximum atomic E-state index is 6.22. The SMILES string of the molecule is [Cl-].[Cl-].c1ccc(COc2ccc3ccccc3c2CNCCCN2CCOCC2)cc1. The predicted octanol–water partition coefficient (Wildman–Crippen LogP) is -1.76. The van der Waals surface area contributed by atoms with E-state index in [4.69, 9.17) is 9.47 Å². The molecule has 1 N–H and O–H groups in total. The van der Waals surface area contributed by atoms with Crippen molar-refractivity contribution in [1.29, 1.82) is 0 Å². The van der Waals surface area contributed by atoms with Crippen molar-refractivity contribution in [2.24, 2.45) is 0 Å². The van der Waals surface area contributed by atoms with Crippen LogP contribution in [0.5, 0.6) is 5.75 Å². The average molecular weight is 461 g/mol. The predicted molar refractivity (Wildman–Crippen MR) is 118 cm³/mol. The van der Waals surface area contributed by atoms with E-state index in [0.717, 1.165) is 58.1 Å². The summed E-state index contributed by atoms with van der Waals surface area (Å²) in [5, 5.41) is 6.15. The molecule has 6 heteroatoms. The minimum Gasteiger partial charge on any atom is -1.00 e. The summed E-state index contributed by atoms with van der Waals surface area (Å²) in [5.41, 5.74) is 2.43. The Kier molecular flexibility index (Phi) is 11.1. The molecule has 168 valence electrons. The monoisotopic (exact) mass is 460 g/mol. The van der Waals surface area contributed by atoms with Crippen molar-refractivity contribution in [3.63, 3.8) is 0 Å². The minimum atomic E-state index is 0. The summed E-state index contributed by atoms with van der Waals surface area (Å²) >= 11 is 0. The van der Waals surface area contributed by atoms with Gasteiger partial charge in [0.05, 0.1) is 13.2 Å². The Hall–Kier alpha value is -1.82. The van der Waals surface area contributed by atoms with Crippen molar-refractivity contribution in [1.82, 2.24) is 10.2 Å². The van der Waals surface area contributed by atoms with Crippen LogP contribution in [-0.4, -0.2) is 44.3 Å². The van der Waals surface area contributed by atoms with Gasteiger partial charge in [0.1, 0.15) is 12.4 Å². The fourth-order valence-corrected chi connectivity index (χ4v) is 3.83. The molecule has 3 aromatic carbocycles. The van der Waals surface area contributed by atoms with Gasteiger partial charge in [0.15, 0.2) is 0 Å². The second-order valence-electron chi connectivity index (χ2n) is 7.52. The molecule has 1 aliphatic heterocycles. The van der Waals surface area contributed by atoms with Crippen molar-refractivity contribution >= 4 is 10.8 Å². The number of nitrogens with one attached hydrogen (secondary N) is 1. The van der Waals surface area contributed by atoms with E-state index in [9.17, 15) is 0 Å². The van der Waals surface area contributed by atoms with Crippen molar-refractivity contribution < 1.29 is 34.3 Å². The molecule has 1 heterocycles. The third-order valence-electron chi connectivity index (χ3n) is 5.47. The molecule has 0 unspecified atom stereocenters. The zero-order valence-electron chi connectivity index (χ0n) is 17.7. The van der Waals surface area contributed by atoms with Crippen LogP contribution in [0.4, 0.5) is 0 Å². The first kappa shape index (κ1) is 25.4. The molecule has 1 saturated heterocycles. The third-order valence-corrected chi connectivity index (χ3v) is 5.47. The van der Waals surface area contributed by atoms with Crippen LogP contribution in [0.3, 0.4) is 0 Å². The van der Waals surface area contributed by atoms with E-state index in [2.05, 4.69) is 70.9 Å². The number of hydrogen-bond acceptors (Lipinski definition) is 4. The summed E-state index contributed by atoms with van der Waals surface area (Å²) in [5.74, 6) is 0.966. The zero-order valence-corrected chi connectivity index (χ0v) is 19.2. The molecular weight excluding hydrogens is 431 g/mol. The lowest BCUT2D eigenvalue weighted by Gasteiger charge is -2.26. The summed E-state index contributed by atoms with van der Waals surface area (Å²) in [4.78, 5) is 2.48. The first-order valence-corrected chi connectivity index (χ1v) is 10.6. The van der Waals surface area contributed by atoms with Gasteiger partial charge in [-0.1, -0.05) is 60.7 Å². The maximum Gasteiger partial charge on any atom is 0.124 e. The summed E-state index contributed by atoms with van der Waals surface area (Å²) in [7, 11) is 0. The lowest BCUT2D eigenvalue weighted by atomic mass is 10.0. The van der Waals surface area contributed by atoms with Crippen molar-refractivity contribution in [3.8, 4) is 5.75 Å². The van der Waals surface area contributed by atoms with Gasteiger partial charge in [-0.3, -0.25) is 4.90 Å². The molecule has 4 rings (SSSR count). The normalized spacial score (nSPS) is 13.9. The minimum absolute atomic E-state index is 0. The standard InChI is InChI=1S/C25H30N2O2.2ClH/c1-2-7-21(8-3-1)20-29-25-12-11-22-9-4-5-10-23(22)24(25)19-26-13-6-14-27-15-17-28-18-16-27;;/h1-5,7-12,26H,6,13-20H2;2*1H/p-2. The van der Waals surface area contributed by atoms with Gasteiger partial charge in [0, 0.05) is 25.2 Å². The fraction of sp³-hybridized carbons (Fsp3) is 0.360. The van der Waals surface area contributed by atoms with Crippen LogP contribution in [-0.2, 0) is 17.9 Å². The Bertz CT molecular complexity index is 902. The van der Waals surface area contributed by atoms with E-state index >= 15 is 0 Å². The smallest absolute Gasteiger partial charge is 0.124 e. The fourth-order valence-electron chi connectivity index (χ4n) is 3.83. The highest BCUT2D eigenvalue weighted by molar-refractivity contribution is 5.87. The average Bonchev–Trinajstić information content (AvgIpc) is 2.79. The lowest BCUT2D eigenvalue weighted by Crippen LogP contribution is -3.00. The highest BCUT2D eigenvalue weighted by atomic mass is 35.5. The second-order valence-corrected chi connectivity index (χ2v) is 7.52. The molecule has 0 radical (unpaired) electrons. The van der Waals surface area contributed by atoms with Crippen molar-refractivity contribution in [3.05, 3.63) is 77.9 Å². The molecule has 0 atom stereocenters. The molecule has 1 aliphatic rings. The Morgan fingerprint density at radius 2 is 1.61 bits per heavy atom. The molecule has 3 aromatic rings. The second kappa shape index (κ2) is 13.6. The summed E-state index contributed by atoms with van der Waals surface area (Å²) in [6.07, 6.45) is 1.14. The Labute approximate surface area is 197 Å². The van der Waals surface area contributed by atoms with E-state index in [1.165, 1.54) is 21.9 Å². The zero-order chi connectivity index (χ0) is 19.7. The van der Waals surface area contributed by atoms with E-state index in [1.807, 2.05) is 6.07 Å². The Morgan fingerprint density at radius 1 is 0.871 bits per heavy atom. The van der Waals surface area contributed by atoms with E-state index in [1.54, 1.807) is 0 Å². The van der Waals surface area contributed by atoms with Gasteiger partial charge >= 0.3 is 0 Å². The Morgan fingerprint density at radius 3 is 2.42 bits per heavy atom. The summed E-state index contributed by atoms with van der Waals surface area (Å²) in [6.45, 7) is 7.37. The van der Waals surface area contributed by atoms with Gasteiger partial charge in [-0.15, -0.1) is 0 Å². The van der Waals surface area contributed by atoms with Gasteiger partial charge in [-0.05, 0) is 41.9 Å². The highest BCUT2D eigenvalue weighted by Gasteiger charge is 2.11. The van der Waals surface area contributed by atoms with E-state index in [-0.39, 0.29) is 24.8 Å². The largest absolute Gasteiger partial charge is 1.00 e. The van der Waals surface area contributed by atoms with E-state index in [0.29, 0.717) is 6.61 Å². The Balaban J connectivity index is 0.00000171. The van der Waals surface area contributed by atoms with Crippen LogP contribution in [0.15, 0.2) is 66.7 Å². The number of halogens is 2. The molecule has 1 fully saturated rings. The van der Waals surface area contributed by atoms with Crippen LogP contribution in [0.25, 0.3) is 10.8 Å². The van der Waals surface area contributed by atoms with Crippen LogP contribution >= 0.6 is 0 Å². The molecule has 0 aromatic heterocycles. The highest BCUT2D eigenvalue weighted by Crippen LogP contribution is 2.28. The van der Waals surface area contributed by atoms with Crippen LogP contribution in [0, 0.1) is 0 Å².